The molecule has 0 saturated carbocycles. The van der Waals surface area contributed by atoms with Crippen molar-refractivity contribution in [2.45, 2.75) is 32.7 Å². The lowest BCUT2D eigenvalue weighted by atomic mass is 9.87. The Morgan fingerprint density at radius 2 is 1.71 bits per heavy atom. The van der Waals surface area contributed by atoms with Gasteiger partial charge in [-0.15, -0.1) is 0 Å². The lowest BCUT2D eigenvalue weighted by Crippen LogP contribution is -2.45. The number of rotatable bonds is 9. The van der Waals surface area contributed by atoms with E-state index in [0.29, 0.717) is 11.4 Å². The zero-order chi connectivity index (χ0) is 29.5. The van der Waals surface area contributed by atoms with Crippen molar-refractivity contribution < 1.29 is 9.53 Å². The van der Waals surface area contributed by atoms with E-state index in [1.54, 1.807) is 7.11 Å². The summed E-state index contributed by atoms with van der Waals surface area (Å²) < 4.78 is 5.50. The van der Waals surface area contributed by atoms with E-state index in [1.165, 1.54) is 0 Å². The van der Waals surface area contributed by atoms with Crippen LogP contribution in [0.2, 0.25) is 0 Å². The fourth-order valence-electron chi connectivity index (χ4n) is 5.28. The highest BCUT2D eigenvalue weighted by Crippen LogP contribution is 2.34. The molecule has 4 aromatic rings. The highest BCUT2D eigenvalue weighted by Gasteiger charge is 2.18. The van der Waals surface area contributed by atoms with Gasteiger partial charge in [0, 0.05) is 63.0 Å². The summed E-state index contributed by atoms with van der Waals surface area (Å²) in [6, 6.07) is 21.9. The molecule has 220 valence electrons. The molecule has 1 aromatic heterocycles. The molecule has 0 atom stereocenters. The third-order valence-electron chi connectivity index (χ3n) is 7.74. The van der Waals surface area contributed by atoms with Gasteiger partial charge in [0.1, 0.15) is 5.75 Å². The third-order valence-corrected chi connectivity index (χ3v) is 7.74. The number of amides is 2. The van der Waals surface area contributed by atoms with E-state index >= 15 is 0 Å². The largest absolute Gasteiger partial charge is 0.495 e. The quantitative estimate of drug-likeness (QED) is 0.190. The zero-order valence-corrected chi connectivity index (χ0v) is 25.1. The molecular formula is C34H42N6O2. The summed E-state index contributed by atoms with van der Waals surface area (Å²) in [7, 11) is 1.61. The Kier molecular flexibility index (Phi) is 9.37. The van der Waals surface area contributed by atoms with Crippen LogP contribution in [0, 0.1) is 0 Å². The van der Waals surface area contributed by atoms with Gasteiger partial charge in [0.15, 0.2) is 0 Å². The second-order valence-electron chi connectivity index (χ2n) is 11.8. The molecule has 1 aliphatic heterocycles. The van der Waals surface area contributed by atoms with Crippen molar-refractivity contribution in [2.24, 2.45) is 0 Å². The van der Waals surface area contributed by atoms with E-state index in [9.17, 15) is 4.79 Å². The average Bonchev–Trinajstić information content (AvgIpc) is 3.00. The second kappa shape index (κ2) is 13.3. The summed E-state index contributed by atoms with van der Waals surface area (Å²) >= 11 is 0. The van der Waals surface area contributed by atoms with E-state index in [4.69, 9.17) is 9.72 Å². The van der Waals surface area contributed by atoms with Crippen molar-refractivity contribution >= 4 is 28.2 Å². The number of anilines is 2. The normalized spacial score (nSPS) is 14.1. The van der Waals surface area contributed by atoms with Crippen LogP contribution in [0.4, 0.5) is 16.2 Å². The number of fused-ring (bicyclic) bond motifs is 1. The maximum Gasteiger partial charge on any atom is 0.323 e. The van der Waals surface area contributed by atoms with Gasteiger partial charge in [-0.2, -0.15) is 0 Å². The molecule has 0 spiro atoms. The standard InChI is InChI=1S/C34H42N6O2/c1-34(2,3)25-10-14-32(42-4)31(21-25)39-33(41)38-30-13-12-27(28-7-5-6-8-29(28)30)24-9-11-26(37-22-24)23-36-17-20-40-18-15-35-16-19-40/h5-14,21-22,35-36H,15-20,23H2,1-4H3,(H2,38,39,41). The third kappa shape index (κ3) is 7.26. The number of hydrogen-bond donors (Lipinski definition) is 4. The number of aromatic nitrogens is 1. The van der Waals surface area contributed by atoms with Crippen molar-refractivity contribution in [1.82, 2.24) is 20.5 Å². The summed E-state index contributed by atoms with van der Waals surface area (Å²) in [5, 5.41) is 14.9. The summed E-state index contributed by atoms with van der Waals surface area (Å²) in [5.41, 5.74) is 5.55. The minimum absolute atomic E-state index is 0.0558. The molecule has 2 heterocycles. The number of urea groups is 1. The van der Waals surface area contributed by atoms with E-state index in [2.05, 4.69) is 65.1 Å². The molecule has 8 nitrogen and oxygen atoms in total. The van der Waals surface area contributed by atoms with Crippen LogP contribution < -0.4 is 26.0 Å². The number of carbonyl (C=O) groups is 1. The van der Waals surface area contributed by atoms with Crippen LogP contribution in [-0.4, -0.2) is 62.3 Å². The van der Waals surface area contributed by atoms with Crippen molar-refractivity contribution in [3.63, 3.8) is 0 Å². The van der Waals surface area contributed by atoms with Crippen LogP contribution in [0.25, 0.3) is 21.9 Å². The SMILES string of the molecule is COc1ccc(C(C)(C)C)cc1NC(=O)Nc1ccc(-c2ccc(CNCCN3CCNCC3)nc2)c2ccccc12. The lowest BCUT2D eigenvalue weighted by molar-refractivity contribution is 0.241. The number of benzene rings is 3. The Balaban J connectivity index is 1.27. The van der Waals surface area contributed by atoms with Crippen LogP contribution in [0.5, 0.6) is 5.75 Å². The molecule has 2 amide bonds. The zero-order valence-electron chi connectivity index (χ0n) is 25.1. The highest BCUT2D eigenvalue weighted by atomic mass is 16.5. The Hall–Kier alpha value is -3.98. The van der Waals surface area contributed by atoms with Gasteiger partial charge in [-0.25, -0.2) is 4.79 Å². The van der Waals surface area contributed by atoms with Crippen LogP contribution in [0.1, 0.15) is 32.0 Å². The van der Waals surface area contributed by atoms with Gasteiger partial charge < -0.3 is 26.0 Å². The molecule has 0 radical (unpaired) electrons. The molecule has 1 saturated heterocycles. The molecule has 42 heavy (non-hydrogen) atoms. The minimum atomic E-state index is -0.326. The summed E-state index contributed by atoms with van der Waals surface area (Å²) in [6.07, 6.45) is 1.93. The first-order valence-corrected chi connectivity index (χ1v) is 14.7. The highest BCUT2D eigenvalue weighted by molar-refractivity contribution is 6.10. The van der Waals surface area contributed by atoms with Gasteiger partial charge in [0.05, 0.1) is 24.2 Å². The summed E-state index contributed by atoms with van der Waals surface area (Å²) in [5.74, 6) is 0.615. The monoisotopic (exact) mass is 566 g/mol. The Bertz CT molecular complexity index is 1510. The van der Waals surface area contributed by atoms with Gasteiger partial charge in [-0.3, -0.25) is 9.88 Å². The molecule has 1 fully saturated rings. The average molecular weight is 567 g/mol. The van der Waals surface area contributed by atoms with Gasteiger partial charge in [-0.05, 0) is 46.2 Å². The van der Waals surface area contributed by atoms with Gasteiger partial charge in [-0.1, -0.05) is 63.2 Å². The minimum Gasteiger partial charge on any atom is -0.495 e. The molecule has 0 aliphatic carbocycles. The van der Waals surface area contributed by atoms with Gasteiger partial charge in [0.25, 0.3) is 0 Å². The first-order chi connectivity index (χ1) is 20.3. The Morgan fingerprint density at radius 1 is 0.952 bits per heavy atom. The molecule has 5 rings (SSSR count). The van der Waals surface area contributed by atoms with Crippen LogP contribution in [-0.2, 0) is 12.0 Å². The summed E-state index contributed by atoms with van der Waals surface area (Å²) in [6.45, 7) is 13.5. The second-order valence-corrected chi connectivity index (χ2v) is 11.8. The van der Waals surface area contributed by atoms with Crippen molar-refractivity contribution in [2.75, 3.05) is 57.0 Å². The molecule has 3 aromatic carbocycles. The maximum absolute atomic E-state index is 13.1. The number of carbonyl (C=O) groups excluding carboxylic acids is 1. The van der Waals surface area contributed by atoms with E-state index in [-0.39, 0.29) is 11.4 Å². The number of ether oxygens (including phenoxy) is 1. The predicted octanol–water partition coefficient (Wildman–Crippen LogP) is 5.85. The molecule has 4 N–H and O–H groups in total. The number of piperazine rings is 1. The molecule has 8 heteroatoms. The fraction of sp³-hybridized carbons (Fsp3) is 0.353. The predicted molar refractivity (Wildman–Crippen MR) is 173 cm³/mol. The number of methoxy groups -OCH3 is 1. The van der Waals surface area contributed by atoms with Crippen LogP contribution >= 0.6 is 0 Å². The molecular weight excluding hydrogens is 524 g/mol. The van der Waals surface area contributed by atoms with Gasteiger partial charge in [0.2, 0.25) is 0 Å². The molecule has 0 unspecified atom stereocenters. The van der Waals surface area contributed by atoms with Gasteiger partial charge >= 0.3 is 6.03 Å². The number of pyridine rings is 1. The molecule has 1 aliphatic rings. The first-order valence-electron chi connectivity index (χ1n) is 14.7. The molecule has 0 bridgehead atoms. The number of hydrogen-bond acceptors (Lipinski definition) is 6. The van der Waals surface area contributed by atoms with Crippen molar-refractivity contribution in [3.05, 3.63) is 84.2 Å². The topological polar surface area (TPSA) is 90.5 Å². The van der Waals surface area contributed by atoms with E-state index in [0.717, 1.165) is 84.7 Å². The fourth-order valence-corrected chi connectivity index (χ4v) is 5.28. The lowest BCUT2D eigenvalue weighted by Gasteiger charge is -2.27. The Labute approximate surface area is 248 Å². The smallest absolute Gasteiger partial charge is 0.323 e. The van der Waals surface area contributed by atoms with Crippen molar-refractivity contribution in [1.29, 1.82) is 0 Å². The summed E-state index contributed by atoms with van der Waals surface area (Å²) in [4.78, 5) is 20.4. The van der Waals surface area contributed by atoms with E-state index in [1.807, 2.05) is 54.7 Å². The van der Waals surface area contributed by atoms with Crippen molar-refractivity contribution in [3.8, 4) is 16.9 Å². The Morgan fingerprint density at radius 3 is 2.43 bits per heavy atom. The maximum atomic E-state index is 13.1. The number of nitrogens with one attached hydrogen (secondary N) is 4. The van der Waals surface area contributed by atoms with Crippen LogP contribution in [0.3, 0.4) is 0 Å². The first kappa shape index (κ1) is 29.5. The van der Waals surface area contributed by atoms with E-state index < -0.39 is 0 Å². The van der Waals surface area contributed by atoms with Crippen LogP contribution in [0.15, 0.2) is 72.9 Å². The number of nitrogens with zero attached hydrogens (tertiary/aromatic N) is 2.